The number of hydrogen-bond acceptors (Lipinski definition) is 7. The van der Waals surface area contributed by atoms with Crippen LogP contribution in [-0.2, 0) is 16.0 Å². The molecule has 5 N–H and O–H groups in total. The maximum Gasteiger partial charge on any atom is 0.229 e. The van der Waals surface area contributed by atoms with Gasteiger partial charge in [-0.1, -0.05) is 78.9 Å². The van der Waals surface area contributed by atoms with E-state index in [9.17, 15) is 25.2 Å². The number of aliphatic hydroxyl groups excluding tert-OH is 4. The van der Waals surface area contributed by atoms with Crippen LogP contribution in [0.15, 0.2) is 84.9 Å². The van der Waals surface area contributed by atoms with E-state index in [1.54, 1.807) is 24.3 Å². The molecule has 0 aliphatic carbocycles. The molecule has 0 saturated carbocycles. The first kappa shape index (κ1) is 26.8. The van der Waals surface area contributed by atoms with Crippen molar-refractivity contribution < 1.29 is 34.7 Å². The second kappa shape index (κ2) is 12.8. The van der Waals surface area contributed by atoms with Crippen molar-refractivity contribution in [3.8, 4) is 5.75 Å². The highest BCUT2D eigenvalue weighted by Gasteiger charge is 2.44. The van der Waals surface area contributed by atoms with Crippen molar-refractivity contribution in [2.24, 2.45) is 0 Å². The minimum absolute atomic E-state index is 0.0366. The van der Waals surface area contributed by atoms with Gasteiger partial charge in [-0.3, -0.25) is 4.79 Å². The van der Waals surface area contributed by atoms with Crippen LogP contribution in [0.5, 0.6) is 5.75 Å². The van der Waals surface area contributed by atoms with E-state index in [0.717, 1.165) is 6.42 Å². The summed E-state index contributed by atoms with van der Waals surface area (Å²) in [5, 5.41) is 42.7. The van der Waals surface area contributed by atoms with Crippen LogP contribution in [-0.4, -0.2) is 70.2 Å². The third-order valence-corrected chi connectivity index (χ3v) is 6.57. The Bertz CT molecular complexity index is 1090. The Morgan fingerprint density at radius 3 is 2.05 bits per heavy atom. The Morgan fingerprint density at radius 2 is 1.43 bits per heavy atom. The molecule has 8 nitrogen and oxygen atoms in total. The van der Waals surface area contributed by atoms with Gasteiger partial charge < -0.3 is 35.2 Å². The zero-order valence-electron chi connectivity index (χ0n) is 20.4. The van der Waals surface area contributed by atoms with Crippen LogP contribution >= 0.6 is 0 Å². The highest BCUT2D eigenvalue weighted by atomic mass is 16.7. The molecule has 1 aliphatic heterocycles. The van der Waals surface area contributed by atoms with Gasteiger partial charge in [-0.25, -0.2) is 0 Å². The van der Waals surface area contributed by atoms with Crippen LogP contribution in [0.3, 0.4) is 0 Å². The summed E-state index contributed by atoms with van der Waals surface area (Å²) in [6.07, 6.45) is -6.20. The summed E-state index contributed by atoms with van der Waals surface area (Å²) >= 11 is 0. The lowest BCUT2D eigenvalue weighted by atomic mass is 9.88. The largest absolute Gasteiger partial charge is 0.462 e. The van der Waals surface area contributed by atoms with Crippen molar-refractivity contribution in [2.45, 2.75) is 49.5 Å². The highest BCUT2D eigenvalue weighted by molar-refractivity contribution is 5.79. The number of carbonyl (C=O) groups excluding carboxylic acids is 1. The van der Waals surface area contributed by atoms with Gasteiger partial charge in [-0.2, -0.15) is 0 Å². The fourth-order valence-corrected chi connectivity index (χ4v) is 4.54. The van der Waals surface area contributed by atoms with Gasteiger partial charge in [0.25, 0.3) is 0 Å². The van der Waals surface area contributed by atoms with Crippen molar-refractivity contribution in [3.05, 3.63) is 102 Å². The maximum absolute atomic E-state index is 12.8. The summed E-state index contributed by atoms with van der Waals surface area (Å²) < 4.78 is 11.2. The fraction of sp³-hybridized carbons (Fsp3) is 0.345. The van der Waals surface area contributed by atoms with E-state index < -0.39 is 37.3 Å². The van der Waals surface area contributed by atoms with Gasteiger partial charge in [-0.15, -0.1) is 0 Å². The molecule has 4 rings (SSSR count). The van der Waals surface area contributed by atoms with Gasteiger partial charge in [0.05, 0.1) is 13.0 Å². The van der Waals surface area contributed by atoms with E-state index >= 15 is 0 Å². The van der Waals surface area contributed by atoms with Crippen molar-refractivity contribution in [2.75, 3.05) is 13.2 Å². The standard InChI is InChI=1S/C29H33NO7/c31-18-24-26(33)27(34)28(35)29(37-24)36-23-14-8-7-13-21(23)17-25(32)30-16-15-22(19-9-3-1-4-10-19)20-11-5-2-6-12-20/h1-14,22,24,26-29,31,33-35H,15-18H2,(H,30,32). The first-order valence-electron chi connectivity index (χ1n) is 12.4. The number of carbonyl (C=O) groups is 1. The van der Waals surface area contributed by atoms with E-state index in [-0.39, 0.29) is 18.2 Å². The van der Waals surface area contributed by atoms with Gasteiger partial charge in [0.15, 0.2) is 0 Å². The Labute approximate surface area is 216 Å². The average Bonchev–Trinajstić information content (AvgIpc) is 2.93. The zero-order valence-corrected chi connectivity index (χ0v) is 20.4. The lowest BCUT2D eigenvalue weighted by Gasteiger charge is -2.39. The molecular formula is C29H33NO7. The van der Waals surface area contributed by atoms with Crippen LogP contribution in [0.1, 0.15) is 29.0 Å². The third-order valence-electron chi connectivity index (χ3n) is 6.57. The molecule has 1 fully saturated rings. The zero-order chi connectivity index (χ0) is 26.2. The molecule has 0 bridgehead atoms. The van der Waals surface area contributed by atoms with Crippen LogP contribution in [0, 0.1) is 0 Å². The molecule has 3 aromatic carbocycles. The molecule has 196 valence electrons. The fourth-order valence-electron chi connectivity index (χ4n) is 4.54. The molecule has 0 aromatic heterocycles. The van der Waals surface area contributed by atoms with Crippen molar-refractivity contribution in [3.63, 3.8) is 0 Å². The van der Waals surface area contributed by atoms with E-state index in [2.05, 4.69) is 29.6 Å². The molecule has 0 spiro atoms. The summed E-state index contributed by atoms with van der Waals surface area (Å²) in [4.78, 5) is 12.8. The Morgan fingerprint density at radius 1 is 0.838 bits per heavy atom. The van der Waals surface area contributed by atoms with Gasteiger partial charge in [-0.05, 0) is 23.6 Å². The number of amides is 1. The second-order valence-corrected chi connectivity index (χ2v) is 9.11. The third kappa shape index (κ3) is 6.74. The molecule has 1 amide bonds. The monoisotopic (exact) mass is 507 g/mol. The van der Waals surface area contributed by atoms with Crippen LogP contribution < -0.4 is 10.1 Å². The van der Waals surface area contributed by atoms with Gasteiger partial charge in [0.1, 0.15) is 30.2 Å². The number of nitrogens with one attached hydrogen (secondary N) is 1. The molecule has 3 aromatic rings. The molecule has 0 radical (unpaired) electrons. The lowest BCUT2D eigenvalue weighted by molar-refractivity contribution is -0.277. The topological polar surface area (TPSA) is 128 Å². The Hall–Kier alpha value is -3.27. The summed E-state index contributed by atoms with van der Waals surface area (Å²) in [6, 6.07) is 27.2. The van der Waals surface area contributed by atoms with E-state index in [1.165, 1.54) is 11.1 Å². The maximum atomic E-state index is 12.8. The number of benzene rings is 3. The van der Waals surface area contributed by atoms with Crippen LogP contribution in [0.4, 0.5) is 0 Å². The van der Waals surface area contributed by atoms with Crippen molar-refractivity contribution in [1.82, 2.24) is 5.32 Å². The molecule has 1 heterocycles. The predicted molar refractivity (Wildman–Crippen MR) is 137 cm³/mol. The molecule has 1 saturated heterocycles. The number of ether oxygens (including phenoxy) is 2. The number of para-hydroxylation sites is 1. The van der Waals surface area contributed by atoms with E-state index in [0.29, 0.717) is 17.9 Å². The first-order chi connectivity index (χ1) is 18.0. The summed E-state index contributed by atoms with van der Waals surface area (Å²) in [5.41, 5.74) is 2.93. The molecule has 37 heavy (non-hydrogen) atoms. The van der Waals surface area contributed by atoms with Crippen LogP contribution in [0.25, 0.3) is 0 Å². The lowest BCUT2D eigenvalue weighted by Crippen LogP contribution is -2.60. The predicted octanol–water partition coefficient (Wildman–Crippen LogP) is 1.75. The number of rotatable bonds is 10. The van der Waals surface area contributed by atoms with Crippen molar-refractivity contribution in [1.29, 1.82) is 0 Å². The molecule has 8 heteroatoms. The Balaban J connectivity index is 1.37. The Kier molecular flexibility index (Phi) is 9.27. The van der Waals surface area contributed by atoms with Crippen molar-refractivity contribution >= 4 is 5.91 Å². The normalized spacial score (nSPS) is 23.5. The van der Waals surface area contributed by atoms with Gasteiger partial charge >= 0.3 is 0 Å². The minimum atomic E-state index is -1.55. The van der Waals surface area contributed by atoms with Gasteiger partial charge in [0, 0.05) is 18.0 Å². The number of aliphatic hydroxyl groups is 4. The molecular weight excluding hydrogens is 474 g/mol. The summed E-state index contributed by atoms with van der Waals surface area (Å²) in [7, 11) is 0. The second-order valence-electron chi connectivity index (χ2n) is 9.11. The molecule has 1 aliphatic rings. The van der Waals surface area contributed by atoms with E-state index in [1.807, 2.05) is 36.4 Å². The van der Waals surface area contributed by atoms with Crippen LogP contribution in [0.2, 0.25) is 0 Å². The summed E-state index contributed by atoms with van der Waals surface area (Å²) in [5.74, 6) is 0.252. The molecule has 5 unspecified atom stereocenters. The number of hydrogen-bond donors (Lipinski definition) is 5. The molecule has 5 atom stereocenters. The smallest absolute Gasteiger partial charge is 0.229 e. The quantitative estimate of drug-likeness (QED) is 0.283. The highest BCUT2D eigenvalue weighted by Crippen LogP contribution is 2.28. The van der Waals surface area contributed by atoms with Gasteiger partial charge in [0.2, 0.25) is 12.2 Å². The SMILES string of the molecule is O=C(Cc1ccccc1OC1OC(CO)C(O)C(O)C1O)NCCC(c1ccccc1)c1ccccc1. The van der Waals surface area contributed by atoms with E-state index in [4.69, 9.17) is 9.47 Å². The average molecular weight is 508 g/mol. The summed E-state index contributed by atoms with van der Waals surface area (Å²) in [6.45, 7) is -0.0785. The first-order valence-corrected chi connectivity index (χ1v) is 12.4. The minimum Gasteiger partial charge on any atom is -0.462 e.